The first kappa shape index (κ1) is 35.3. The lowest BCUT2D eigenvalue weighted by atomic mass is 10.0. The van der Waals surface area contributed by atoms with Crippen molar-refractivity contribution in [1.29, 1.82) is 0 Å². The molecule has 0 radical (unpaired) electrons. The van der Waals surface area contributed by atoms with Gasteiger partial charge in [-0.2, -0.15) is 4.98 Å². The van der Waals surface area contributed by atoms with Gasteiger partial charge in [0.15, 0.2) is 24.9 Å². The van der Waals surface area contributed by atoms with Gasteiger partial charge >= 0.3 is 0 Å². The number of alkyl halides is 2. The van der Waals surface area contributed by atoms with Gasteiger partial charge in [-0.15, -0.1) is 0 Å². The monoisotopic (exact) mass is 642 g/mol. The molecule has 12 heteroatoms. The van der Waals surface area contributed by atoms with Crippen LogP contribution in [0.25, 0.3) is 11.0 Å². The van der Waals surface area contributed by atoms with Crippen molar-refractivity contribution in [3.05, 3.63) is 18.1 Å². The average molecular weight is 643 g/mol. The SMILES string of the molecule is COc1ncnc2c([C@@H]3N[C@H](CO[Si](C)(C)C(C)(C)C)C(O[Si](C)(C)C(C)(C)C)C3(F)F)cn([Si](C)(C)C(C)(C)C)c12. The van der Waals surface area contributed by atoms with Gasteiger partial charge in [0.2, 0.25) is 5.88 Å². The second kappa shape index (κ2) is 11.0. The Bertz CT molecular complexity index is 1280. The maximum absolute atomic E-state index is 16.9. The second-order valence-corrected chi connectivity index (χ2v) is 31.3. The van der Waals surface area contributed by atoms with Crippen LogP contribution >= 0.6 is 0 Å². The third kappa shape index (κ3) is 6.17. The number of ether oxygens (including phenoxy) is 1. The molecule has 2 aromatic rings. The zero-order valence-corrected chi connectivity index (χ0v) is 31.9. The summed E-state index contributed by atoms with van der Waals surface area (Å²) >= 11 is 0. The molecule has 1 N–H and O–H groups in total. The van der Waals surface area contributed by atoms with Gasteiger partial charge in [0, 0.05) is 11.8 Å². The van der Waals surface area contributed by atoms with E-state index in [1.54, 1.807) is 7.11 Å². The summed E-state index contributed by atoms with van der Waals surface area (Å²) in [6.45, 7) is 32.3. The number of nitrogens with one attached hydrogen (secondary N) is 1. The highest BCUT2D eigenvalue weighted by Gasteiger charge is 2.62. The Morgan fingerprint density at radius 3 is 1.90 bits per heavy atom. The number of rotatable bonds is 8. The Morgan fingerprint density at radius 2 is 1.43 bits per heavy atom. The molecule has 1 aliphatic heterocycles. The summed E-state index contributed by atoms with van der Waals surface area (Å²) in [5.41, 5.74) is 1.60. The fourth-order valence-corrected chi connectivity index (χ4v) is 8.95. The van der Waals surface area contributed by atoms with Crippen molar-refractivity contribution < 1.29 is 22.4 Å². The van der Waals surface area contributed by atoms with Crippen molar-refractivity contribution in [2.75, 3.05) is 13.7 Å². The number of nitrogens with zero attached hydrogens (tertiary/aromatic N) is 3. The number of fused-ring (bicyclic) bond motifs is 1. The first-order chi connectivity index (χ1) is 18.7. The smallest absolute Gasteiger partial charge is 0.293 e. The average Bonchev–Trinajstić information content (AvgIpc) is 3.31. The van der Waals surface area contributed by atoms with Crippen molar-refractivity contribution in [3.63, 3.8) is 0 Å². The van der Waals surface area contributed by atoms with Gasteiger partial charge in [-0.1, -0.05) is 75.4 Å². The highest BCUT2D eigenvalue weighted by molar-refractivity contribution is 6.79. The largest absolute Gasteiger partial charge is 0.479 e. The van der Waals surface area contributed by atoms with E-state index < -0.39 is 49.0 Å². The van der Waals surface area contributed by atoms with Gasteiger partial charge in [0.05, 0.1) is 25.3 Å². The lowest BCUT2D eigenvalue weighted by molar-refractivity contribution is -0.0966. The summed E-state index contributed by atoms with van der Waals surface area (Å²) in [6.07, 6.45) is 1.93. The van der Waals surface area contributed by atoms with Crippen molar-refractivity contribution in [3.8, 4) is 5.88 Å². The molecule has 2 aromatic heterocycles. The summed E-state index contributed by atoms with van der Waals surface area (Å²) in [5.74, 6) is -2.83. The summed E-state index contributed by atoms with van der Waals surface area (Å²) in [7, 11) is -5.50. The van der Waals surface area contributed by atoms with E-state index in [4.69, 9.17) is 13.6 Å². The van der Waals surface area contributed by atoms with Crippen LogP contribution in [0.1, 0.15) is 73.9 Å². The van der Waals surface area contributed by atoms with Crippen LogP contribution in [-0.2, 0) is 8.85 Å². The molecular weight excluding hydrogens is 587 g/mol. The highest BCUT2D eigenvalue weighted by Crippen LogP contribution is 2.50. The molecule has 0 aliphatic carbocycles. The number of hydrogen-bond donors (Lipinski definition) is 1. The predicted octanol–water partition coefficient (Wildman–Crippen LogP) is 8.35. The normalized spacial score (nSPS) is 22.7. The molecule has 1 aliphatic rings. The Hall–Kier alpha value is -1.19. The van der Waals surface area contributed by atoms with Gasteiger partial charge in [0.1, 0.15) is 24.0 Å². The standard InChI is InChI=1S/C30H56F2N4O3Si3/c1-27(2,3)40(11,12)36-17-20(22-23(36)26(37-10)34-19-33-22)24-30(31,32)25(39-42(15,16)29(7,8)9)21(35-24)18-38-41(13,14)28(4,5)6/h17,19,21,24-25,35H,18H2,1-16H3/t21-,24+,25?/m1/s1. The van der Waals surface area contributed by atoms with Crippen LogP contribution in [0.5, 0.6) is 5.88 Å². The molecule has 0 aromatic carbocycles. The topological polar surface area (TPSA) is 70.4 Å². The highest BCUT2D eigenvalue weighted by atomic mass is 28.4. The van der Waals surface area contributed by atoms with E-state index in [0.717, 1.165) is 0 Å². The van der Waals surface area contributed by atoms with E-state index in [1.807, 2.05) is 19.3 Å². The maximum atomic E-state index is 16.9. The molecule has 0 amide bonds. The zero-order valence-electron chi connectivity index (χ0n) is 28.9. The van der Waals surface area contributed by atoms with Gasteiger partial charge in [0.25, 0.3) is 5.92 Å². The maximum Gasteiger partial charge on any atom is 0.293 e. The van der Waals surface area contributed by atoms with Crippen LogP contribution in [0, 0.1) is 0 Å². The predicted molar refractivity (Wildman–Crippen MR) is 177 cm³/mol. The van der Waals surface area contributed by atoms with Crippen molar-refractivity contribution in [2.45, 2.75) is 141 Å². The number of methoxy groups -OCH3 is 1. The van der Waals surface area contributed by atoms with Crippen LogP contribution in [0.2, 0.25) is 54.4 Å². The molecule has 0 spiro atoms. The zero-order chi connectivity index (χ0) is 32.5. The van der Waals surface area contributed by atoms with E-state index in [1.165, 1.54) is 6.33 Å². The molecule has 3 heterocycles. The fraction of sp³-hybridized carbons (Fsp3) is 0.800. The minimum absolute atomic E-state index is 0.0482. The number of aromatic nitrogens is 3. The third-order valence-electron chi connectivity index (χ3n) is 10.7. The van der Waals surface area contributed by atoms with Crippen LogP contribution in [0.15, 0.2) is 12.5 Å². The molecule has 1 fully saturated rings. The van der Waals surface area contributed by atoms with Crippen LogP contribution in [0.3, 0.4) is 0 Å². The quantitative estimate of drug-likeness (QED) is 0.292. The van der Waals surface area contributed by atoms with E-state index in [0.29, 0.717) is 22.5 Å². The summed E-state index contributed by atoms with van der Waals surface area (Å²) in [5, 5.41) is 2.97. The van der Waals surface area contributed by atoms with Crippen molar-refractivity contribution >= 4 is 35.9 Å². The van der Waals surface area contributed by atoms with Crippen molar-refractivity contribution in [2.24, 2.45) is 0 Å². The van der Waals surface area contributed by atoms with E-state index in [9.17, 15) is 0 Å². The Kier molecular flexibility index (Phi) is 9.25. The lowest BCUT2D eigenvalue weighted by Gasteiger charge is -2.42. The van der Waals surface area contributed by atoms with E-state index in [2.05, 4.69) is 108 Å². The van der Waals surface area contributed by atoms with Gasteiger partial charge in [-0.3, -0.25) is 5.32 Å². The van der Waals surface area contributed by atoms with Crippen LogP contribution < -0.4 is 10.1 Å². The van der Waals surface area contributed by atoms with Crippen LogP contribution in [-0.4, -0.2) is 70.9 Å². The minimum Gasteiger partial charge on any atom is -0.479 e. The molecule has 0 bridgehead atoms. The summed E-state index contributed by atoms with van der Waals surface area (Å²) in [6, 6.07) is -2.00. The molecule has 3 atom stereocenters. The molecule has 7 nitrogen and oxygen atoms in total. The van der Waals surface area contributed by atoms with Crippen LogP contribution in [0.4, 0.5) is 8.78 Å². The molecule has 240 valence electrons. The second-order valence-electron chi connectivity index (χ2n) is 16.6. The molecule has 0 saturated carbocycles. The first-order valence-corrected chi connectivity index (χ1v) is 23.8. The fourth-order valence-electron chi connectivity index (χ4n) is 4.67. The number of hydrogen-bond acceptors (Lipinski definition) is 6. The molecule has 1 saturated heterocycles. The number of halogens is 2. The molecular formula is C30H56F2N4O3Si3. The van der Waals surface area contributed by atoms with Gasteiger partial charge in [-0.05, 0) is 41.3 Å². The van der Waals surface area contributed by atoms with Gasteiger partial charge in [-0.25, -0.2) is 13.8 Å². The molecule has 3 rings (SSSR count). The first-order valence-electron chi connectivity index (χ1n) is 15.1. The Labute approximate surface area is 255 Å². The molecule has 1 unspecified atom stereocenters. The minimum atomic E-state index is -3.22. The molecule has 42 heavy (non-hydrogen) atoms. The van der Waals surface area contributed by atoms with Gasteiger partial charge < -0.3 is 17.8 Å². The summed E-state index contributed by atoms with van der Waals surface area (Å²) in [4.78, 5) is 8.95. The third-order valence-corrected chi connectivity index (χ3v) is 24.9. The summed E-state index contributed by atoms with van der Waals surface area (Å²) < 4.78 is 54.8. The van der Waals surface area contributed by atoms with E-state index >= 15 is 8.78 Å². The van der Waals surface area contributed by atoms with Crippen molar-refractivity contribution in [1.82, 2.24) is 19.5 Å². The van der Waals surface area contributed by atoms with E-state index in [-0.39, 0.29) is 21.7 Å². The lowest BCUT2D eigenvalue weighted by Crippen LogP contribution is -2.53. The Morgan fingerprint density at radius 1 is 0.881 bits per heavy atom. The Balaban J connectivity index is 2.21.